The van der Waals surface area contributed by atoms with E-state index in [1.165, 1.54) is 16.7 Å². The van der Waals surface area contributed by atoms with E-state index in [9.17, 15) is 4.79 Å². The van der Waals surface area contributed by atoms with Crippen LogP contribution in [0, 0.1) is 12.8 Å². The van der Waals surface area contributed by atoms with Crippen LogP contribution in [0.15, 0.2) is 59.6 Å². The molecule has 5 nitrogen and oxygen atoms in total. The Kier molecular flexibility index (Phi) is 7.72. The lowest BCUT2D eigenvalue weighted by atomic mass is 9.82. The molecule has 1 heterocycles. The standard InChI is InChI=1S/C26H36N4O/c1-20-10-8-9-13-23(20)26(2,3)19-29-25(27-4)28-17-22-16-24(31)30(18-22)15-14-21-11-6-5-7-12-21/h5-13,22H,14-19H2,1-4H3,(H2,27,28,29). The molecule has 1 aliphatic heterocycles. The van der Waals surface area contributed by atoms with Crippen LogP contribution in [0.1, 0.15) is 37.0 Å². The van der Waals surface area contributed by atoms with Crippen molar-refractivity contribution in [2.24, 2.45) is 10.9 Å². The monoisotopic (exact) mass is 420 g/mol. The Morgan fingerprint density at radius 3 is 2.52 bits per heavy atom. The lowest BCUT2D eigenvalue weighted by Gasteiger charge is -2.28. The first-order chi connectivity index (χ1) is 14.9. The molecule has 2 N–H and O–H groups in total. The molecule has 31 heavy (non-hydrogen) atoms. The van der Waals surface area contributed by atoms with E-state index in [2.05, 4.69) is 72.8 Å². The fraction of sp³-hybridized carbons (Fsp3) is 0.462. The number of carbonyl (C=O) groups is 1. The molecular weight excluding hydrogens is 384 g/mol. The van der Waals surface area contributed by atoms with Crippen LogP contribution in [0.3, 0.4) is 0 Å². The summed E-state index contributed by atoms with van der Waals surface area (Å²) in [4.78, 5) is 18.8. The summed E-state index contributed by atoms with van der Waals surface area (Å²) in [5.74, 6) is 1.36. The molecule has 166 valence electrons. The second-order valence-electron chi connectivity index (χ2n) is 9.15. The highest BCUT2D eigenvalue weighted by atomic mass is 16.2. The van der Waals surface area contributed by atoms with E-state index in [1.807, 2.05) is 23.1 Å². The average molecular weight is 421 g/mol. The van der Waals surface area contributed by atoms with Crippen LogP contribution in [-0.2, 0) is 16.6 Å². The van der Waals surface area contributed by atoms with Crippen molar-refractivity contribution < 1.29 is 4.79 Å². The fourth-order valence-corrected chi connectivity index (χ4v) is 4.31. The summed E-state index contributed by atoms with van der Waals surface area (Å²) in [7, 11) is 1.79. The highest BCUT2D eigenvalue weighted by molar-refractivity contribution is 5.81. The number of rotatable bonds is 8. The molecule has 0 aliphatic carbocycles. The quantitative estimate of drug-likeness (QED) is 0.507. The van der Waals surface area contributed by atoms with E-state index in [1.54, 1.807) is 7.05 Å². The third-order valence-corrected chi connectivity index (χ3v) is 6.16. The summed E-state index contributed by atoms with van der Waals surface area (Å²) >= 11 is 0. The molecule has 1 atom stereocenters. The Balaban J connectivity index is 1.45. The smallest absolute Gasteiger partial charge is 0.223 e. The van der Waals surface area contributed by atoms with E-state index in [0.717, 1.165) is 38.6 Å². The lowest BCUT2D eigenvalue weighted by Crippen LogP contribution is -2.45. The van der Waals surface area contributed by atoms with Gasteiger partial charge in [0.15, 0.2) is 5.96 Å². The summed E-state index contributed by atoms with van der Waals surface area (Å²) < 4.78 is 0. The molecule has 0 bridgehead atoms. The summed E-state index contributed by atoms with van der Waals surface area (Å²) in [5, 5.41) is 6.89. The first kappa shape index (κ1) is 22.9. The Hall–Kier alpha value is -2.82. The molecule has 5 heteroatoms. The van der Waals surface area contributed by atoms with Crippen molar-refractivity contribution in [2.45, 2.75) is 39.0 Å². The van der Waals surface area contributed by atoms with Crippen LogP contribution in [0.2, 0.25) is 0 Å². The largest absolute Gasteiger partial charge is 0.356 e. The zero-order valence-electron chi connectivity index (χ0n) is 19.3. The molecular formula is C26H36N4O. The van der Waals surface area contributed by atoms with Crippen LogP contribution in [0.25, 0.3) is 0 Å². The van der Waals surface area contributed by atoms with Gasteiger partial charge in [0.25, 0.3) is 0 Å². The van der Waals surface area contributed by atoms with Gasteiger partial charge in [0, 0.05) is 51.0 Å². The SMILES string of the molecule is CN=C(NCC1CC(=O)N(CCc2ccccc2)C1)NCC(C)(C)c1ccccc1C. The number of benzene rings is 2. The predicted octanol–water partition coefficient (Wildman–Crippen LogP) is 3.53. The number of hydrogen-bond donors (Lipinski definition) is 2. The van der Waals surface area contributed by atoms with E-state index in [-0.39, 0.29) is 11.3 Å². The van der Waals surface area contributed by atoms with Crippen LogP contribution < -0.4 is 10.6 Å². The van der Waals surface area contributed by atoms with Gasteiger partial charge in [0.05, 0.1) is 0 Å². The van der Waals surface area contributed by atoms with Gasteiger partial charge in [-0.3, -0.25) is 9.79 Å². The van der Waals surface area contributed by atoms with Crippen molar-refractivity contribution >= 4 is 11.9 Å². The summed E-state index contributed by atoms with van der Waals surface area (Å²) in [5.41, 5.74) is 3.91. The average Bonchev–Trinajstić information content (AvgIpc) is 3.12. The molecule has 1 amide bonds. The van der Waals surface area contributed by atoms with E-state index >= 15 is 0 Å². The number of nitrogens with one attached hydrogen (secondary N) is 2. The lowest BCUT2D eigenvalue weighted by molar-refractivity contribution is -0.127. The maximum atomic E-state index is 12.4. The molecule has 1 unspecified atom stereocenters. The van der Waals surface area contributed by atoms with Gasteiger partial charge in [-0.2, -0.15) is 0 Å². The zero-order valence-corrected chi connectivity index (χ0v) is 19.3. The van der Waals surface area contributed by atoms with Gasteiger partial charge in [0.2, 0.25) is 5.91 Å². The molecule has 2 aromatic carbocycles. The van der Waals surface area contributed by atoms with E-state index in [4.69, 9.17) is 0 Å². The molecule has 2 aromatic rings. The van der Waals surface area contributed by atoms with Crippen molar-refractivity contribution in [1.29, 1.82) is 0 Å². The molecule has 1 fully saturated rings. The first-order valence-electron chi connectivity index (χ1n) is 11.2. The number of aliphatic imine (C=N–C) groups is 1. The predicted molar refractivity (Wildman–Crippen MR) is 128 cm³/mol. The van der Waals surface area contributed by atoms with Gasteiger partial charge in [-0.15, -0.1) is 0 Å². The minimum absolute atomic E-state index is 0.0134. The number of carbonyl (C=O) groups excluding carboxylic acids is 1. The Morgan fingerprint density at radius 2 is 1.81 bits per heavy atom. The molecule has 1 aliphatic rings. The third kappa shape index (κ3) is 6.33. The second kappa shape index (κ2) is 10.5. The third-order valence-electron chi connectivity index (χ3n) is 6.16. The Labute approximate surface area is 187 Å². The van der Waals surface area contributed by atoms with Crippen molar-refractivity contribution in [3.8, 4) is 0 Å². The molecule has 0 radical (unpaired) electrons. The van der Waals surface area contributed by atoms with Crippen molar-refractivity contribution in [2.75, 3.05) is 33.2 Å². The topological polar surface area (TPSA) is 56.7 Å². The second-order valence-corrected chi connectivity index (χ2v) is 9.15. The van der Waals surface area contributed by atoms with Crippen LogP contribution in [-0.4, -0.2) is 50.0 Å². The maximum Gasteiger partial charge on any atom is 0.223 e. The maximum absolute atomic E-state index is 12.4. The van der Waals surface area contributed by atoms with Crippen molar-refractivity contribution in [1.82, 2.24) is 15.5 Å². The van der Waals surface area contributed by atoms with Gasteiger partial charge in [-0.25, -0.2) is 0 Å². The summed E-state index contributed by atoms with van der Waals surface area (Å²) in [6.07, 6.45) is 1.51. The van der Waals surface area contributed by atoms with Gasteiger partial charge in [-0.1, -0.05) is 68.4 Å². The minimum atomic E-state index is -0.0134. The van der Waals surface area contributed by atoms with Crippen LogP contribution in [0.5, 0.6) is 0 Å². The Morgan fingerprint density at radius 1 is 1.10 bits per heavy atom. The molecule has 0 aromatic heterocycles. The zero-order chi connectivity index (χ0) is 22.3. The number of nitrogens with zero attached hydrogens (tertiary/aromatic N) is 2. The molecule has 0 saturated carbocycles. The van der Waals surface area contributed by atoms with Gasteiger partial charge in [0.1, 0.15) is 0 Å². The number of likely N-dealkylation sites (tertiary alicyclic amines) is 1. The minimum Gasteiger partial charge on any atom is -0.356 e. The van der Waals surface area contributed by atoms with Crippen LogP contribution in [0.4, 0.5) is 0 Å². The number of guanidine groups is 1. The molecule has 3 rings (SSSR count). The number of aryl methyl sites for hydroxylation is 1. The summed E-state index contributed by atoms with van der Waals surface area (Å²) in [6.45, 7) is 9.78. The molecule has 1 saturated heterocycles. The van der Waals surface area contributed by atoms with Gasteiger partial charge >= 0.3 is 0 Å². The highest BCUT2D eigenvalue weighted by Crippen LogP contribution is 2.25. The fourth-order valence-electron chi connectivity index (χ4n) is 4.31. The van der Waals surface area contributed by atoms with E-state index in [0.29, 0.717) is 12.3 Å². The normalized spacial score (nSPS) is 17.2. The number of hydrogen-bond acceptors (Lipinski definition) is 2. The van der Waals surface area contributed by atoms with Crippen molar-refractivity contribution in [3.63, 3.8) is 0 Å². The first-order valence-corrected chi connectivity index (χ1v) is 11.2. The van der Waals surface area contributed by atoms with Gasteiger partial charge in [-0.05, 0) is 30.0 Å². The molecule has 0 spiro atoms. The van der Waals surface area contributed by atoms with Crippen molar-refractivity contribution in [3.05, 3.63) is 71.3 Å². The van der Waals surface area contributed by atoms with Crippen LogP contribution >= 0.6 is 0 Å². The Bertz CT molecular complexity index is 891. The summed E-state index contributed by atoms with van der Waals surface area (Å²) in [6, 6.07) is 18.9. The van der Waals surface area contributed by atoms with E-state index < -0.39 is 0 Å². The highest BCUT2D eigenvalue weighted by Gasteiger charge is 2.29. The van der Waals surface area contributed by atoms with Gasteiger partial charge < -0.3 is 15.5 Å². The number of amides is 1.